The summed E-state index contributed by atoms with van der Waals surface area (Å²) in [6.07, 6.45) is 8.62. The van der Waals surface area contributed by atoms with Crippen LogP contribution in [0, 0.1) is 13.8 Å². The SMILES string of the molecule is C=CCCC(CCC)c1ccc(C)c(N(C)Nc2c[nH]c3ccc(C)nc23)c1. The van der Waals surface area contributed by atoms with Crippen LogP contribution in [0.4, 0.5) is 11.4 Å². The molecule has 0 spiro atoms. The summed E-state index contributed by atoms with van der Waals surface area (Å²) >= 11 is 0. The summed E-state index contributed by atoms with van der Waals surface area (Å²) in [5.74, 6) is 0.577. The van der Waals surface area contributed by atoms with Crippen LogP contribution in [0.5, 0.6) is 0 Å². The number of aromatic nitrogens is 2. The third-order valence-electron chi connectivity index (χ3n) is 5.37. The van der Waals surface area contributed by atoms with Gasteiger partial charge in [-0.1, -0.05) is 31.6 Å². The molecule has 4 nitrogen and oxygen atoms in total. The molecule has 2 N–H and O–H groups in total. The number of hydrogen-bond donors (Lipinski definition) is 2. The first-order valence-electron chi connectivity index (χ1n) is 10.2. The molecule has 0 bridgehead atoms. The van der Waals surface area contributed by atoms with Crippen LogP contribution in [0.1, 0.15) is 55.3 Å². The zero-order chi connectivity index (χ0) is 20.1. The van der Waals surface area contributed by atoms with Gasteiger partial charge in [-0.25, -0.2) is 4.98 Å². The first-order chi connectivity index (χ1) is 13.5. The first kappa shape index (κ1) is 20.0. The summed E-state index contributed by atoms with van der Waals surface area (Å²) in [6.45, 7) is 10.3. The van der Waals surface area contributed by atoms with E-state index in [1.165, 1.54) is 29.7 Å². The maximum absolute atomic E-state index is 4.68. The minimum atomic E-state index is 0.577. The average molecular weight is 377 g/mol. The summed E-state index contributed by atoms with van der Waals surface area (Å²) < 4.78 is 0. The van der Waals surface area contributed by atoms with Gasteiger partial charge in [-0.15, -0.1) is 6.58 Å². The summed E-state index contributed by atoms with van der Waals surface area (Å²) in [4.78, 5) is 7.97. The van der Waals surface area contributed by atoms with Crippen LogP contribution in [0.3, 0.4) is 0 Å². The lowest BCUT2D eigenvalue weighted by molar-refractivity contribution is 0.574. The van der Waals surface area contributed by atoms with Gasteiger partial charge in [0.1, 0.15) is 5.52 Å². The highest BCUT2D eigenvalue weighted by atomic mass is 15.5. The normalized spacial score (nSPS) is 12.1. The molecule has 0 aliphatic rings. The number of hydrogen-bond acceptors (Lipinski definition) is 3. The number of fused-ring (bicyclic) bond motifs is 1. The molecule has 1 atom stereocenters. The maximum Gasteiger partial charge on any atom is 0.113 e. The van der Waals surface area contributed by atoms with Crippen LogP contribution in [0.25, 0.3) is 11.0 Å². The Morgan fingerprint density at radius 3 is 2.79 bits per heavy atom. The van der Waals surface area contributed by atoms with Crippen molar-refractivity contribution in [3.05, 3.63) is 66.0 Å². The smallest absolute Gasteiger partial charge is 0.113 e. The van der Waals surface area contributed by atoms with Crippen LogP contribution in [0.15, 0.2) is 49.2 Å². The number of aromatic amines is 1. The van der Waals surface area contributed by atoms with E-state index in [1.54, 1.807) is 0 Å². The van der Waals surface area contributed by atoms with Gasteiger partial charge in [-0.3, -0.25) is 10.4 Å². The number of nitrogens with one attached hydrogen (secondary N) is 2. The van der Waals surface area contributed by atoms with E-state index in [4.69, 9.17) is 0 Å². The molecular formula is C24H32N4. The third kappa shape index (κ3) is 4.38. The predicted octanol–water partition coefficient (Wildman–Crippen LogP) is 6.49. The van der Waals surface area contributed by atoms with Crippen molar-refractivity contribution in [1.29, 1.82) is 0 Å². The van der Waals surface area contributed by atoms with Gasteiger partial charge in [0.05, 0.1) is 16.9 Å². The van der Waals surface area contributed by atoms with Crippen molar-refractivity contribution >= 4 is 22.4 Å². The van der Waals surface area contributed by atoms with Crippen LogP contribution in [0.2, 0.25) is 0 Å². The molecule has 2 aromatic heterocycles. The van der Waals surface area contributed by atoms with Gasteiger partial charge < -0.3 is 4.98 Å². The lowest BCUT2D eigenvalue weighted by Gasteiger charge is -2.25. The number of aryl methyl sites for hydroxylation is 2. The topological polar surface area (TPSA) is 44.0 Å². The zero-order valence-electron chi connectivity index (χ0n) is 17.5. The Labute approximate surface area is 168 Å². The molecule has 0 saturated heterocycles. The second kappa shape index (κ2) is 8.96. The van der Waals surface area contributed by atoms with Crippen molar-refractivity contribution in [3.8, 4) is 0 Å². The van der Waals surface area contributed by atoms with Crippen LogP contribution in [-0.4, -0.2) is 17.0 Å². The van der Waals surface area contributed by atoms with E-state index in [0.29, 0.717) is 5.92 Å². The second-order valence-electron chi connectivity index (χ2n) is 7.62. The van der Waals surface area contributed by atoms with Crippen molar-refractivity contribution in [2.24, 2.45) is 0 Å². The molecule has 0 amide bonds. The number of benzene rings is 1. The van der Waals surface area contributed by atoms with Gasteiger partial charge in [-0.05, 0) is 68.4 Å². The number of rotatable bonds is 9. The molecule has 148 valence electrons. The van der Waals surface area contributed by atoms with Gasteiger partial charge in [0, 0.05) is 18.9 Å². The van der Waals surface area contributed by atoms with Gasteiger partial charge >= 0.3 is 0 Å². The predicted molar refractivity (Wildman–Crippen MR) is 121 cm³/mol. The molecule has 0 radical (unpaired) electrons. The summed E-state index contributed by atoms with van der Waals surface area (Å²) in [6, 6.07) is 10.9. The van der Waals surface area contributed by atoms with Crippen molar-refractivity contribution < 1.29 is 0 Å². The second-order valence-corrected chi connectivity index (χ2v) is 7.62. The van der Waals surface area contributed by atoms with Gasteiger partial charge in [0.15, 0.2) is 0 Å². The quantitative estimate of drug-likeness (QED) is 0.331. The van der Waals surface area contributed by atoms with E-state index in [2.05, 4.69) is 72.1 Å². The Morgan fingerprint density at radius 2 is 2.04 bits per heavy atom. The number of pyridine rings is 1. The molecule has 3 aromatic rings. The Kier molecular flexibility index (Phi) is 6.40. The van der Waals surface area contributed by atoms with Gasteiger partial charge in [0.25, 0.3) is 0 Å². The van der Waals surface area contributed by atoms with E-state index in [9.17, 15) is 0 Å². The minimum Gasteiger partial charge on any atom is -0.358 e. The largest absolute Gasteiger partial charge is 0.358 e. The van der Waals surface area contributed by atoms with Crippen molar-refractivity contribution in [2.45, 2.75) is 52.4 Å². The Morgan fingerprint density at radius 1 is 1.21 bits per heavy atom. The van der Waals surface area contributed by atoms with Crippen LogP contribution < -0.4 is 10.4 Å². The number of nitrogens with zero attached hydrogens (tertiary/aromatic N) is 2. The molecule has 0 saturated carbocycles. The van der Waals surface area contributed by atoms with E-state index in [1.807, 2.05) is 25.3 Å². The molecule has 4 heteroatoms. The van der Waals surface area contributed by atoms with E-state index < -0.39 is 0 Å². The number of hydrazine groups is 1. The van der Waals surface area contributed by atoms with E-state index in [0.717, 1.165) is 35.3 Å². The summed E-state index contributed by atoms with van der Waals surface area (Å²) in [5.41, 5.74) is 11.4. The number of H-pyrrole nitrogens is 1. The Hall–Kier alpha value is -2.75. The molecule has 3 rings (SSSR count). The molecule has 0 aliphatic heterocycles. The summed E-state index contributed by atoms with van der Waals surface area (Å²) in [5, 5.41) is 2.10. The van der Waals surface area contributed by atoms with Crippen molar-refractivity contribution in [1.82, 2.24) is 9.97 Å². The Balaban J connectivity index is 1.86. The average Bonchev–Trinajstić information content (AvgIpc) is 3.07. The van der Waals surface area contributed by atoms with E-state index in [-0.39, 0.29) is 0 Å². The first-order valence-corrected chi connectivity index (χ1v) is 10.2. The zero-order valence-corrected chi connectivity index (χ0v) is 17.5. The van der Waals surface area contributed by atoms with Crippen LogP contribution >= 0.6 is 0 Å². The molecule has 0 aliphatic carbocycles. The van der Waals surface area contributed by atoms with Crippen molar-refractivity contribution in [2.75, 3.05) is 17.5 Å². The Bertz CT molecular complexity index is 941. The fraction of sp³-hybridized carbons (Fsp3) is 0.375. The fourth-order valence-electron chi connectivity index (χ4n) is 3.81. The standard InChI is InChI=1S/C24H32N4/c1-6-8-10-19(9-7-2)20-13-11-17(3)23(15-20)28(5)27-22-16-25-21-14-12-18(4)26-24(21)22/h6,11-16,19,25,27H,1,7-10H2,2-5H3. The monoisotopic (exact) mass is 376 g/mol. The minimum absolute atomic E-state index is 0.577. The maximum atomic E-state index is 4.68. The fourth-order valence-corrected chi connectivity index (χ4v) is 3.81. The highest BCUT2D eigenvalue weighted by Crippen LogP contribution is 2.32. The molecule has 28 heavy (non-hydrogen) atoms. The molecule has 1 aromatic carbocycles. The molecule has 2 heterocycles. The summed E-state index contributed by atoms with van der Waals surface area (Å²) in [7, 11) is 2.07. The molecule has 0 fully saturated rings. The lowest BCUT2D eigenvalue weighted by atomic mass is 9.89. The highest BCUT2D eigenvalue weighted by Gasteiger charge is 2.14. The van der Waals surface area contributed by atoms with Gasteiger partial charge in [0.2, 0.25) is 0 Å². The van der Waals surface area contributed by atoms with Crippen molar-refractivity contribution in [3.63, 3.8) is 0 Å². The molecule has 1 unspecified atom stereocenters. The van der Waals surface area contributed by atoms with Crippen LogP contribution in [-0.2, 0) is 0 Å². The lowest BCUT2D eigenvalue weighted by Crippen LogP contribution is -2.25. The third-order valence-corrected chi connectivity index (χ3v) is 5.37. The highest BCUT2D eigenvalue weighted by molar-refractivity contribution is 5.89. The van der Waals surface area contributed by atoms with Gasteiger partial charge in [-0.2, -0.15) is 0 Å². The number of allylic oxidation sites excluding steroid dienone is 1. The number of anilines is 2. The van der Waals surface area contributed by atoms with E-state index >= 15 is 0 Å². The molecular weight excluding hydrogens is 344 g/mol.